The maximum atomic E-state index is 6.02. The molecule has 0 unspecified atom stereocenters. The first-order valence-electron chi connectivity index (χ1n) is 5.39. The number of hydrogen-bond acceptors (Lipinski definition) is 1. The van der Waals surface area contributed by atoms with Crippen molar-refractivity contribution in [2.45, 2.75) is 19.4 Å². The molecule has 0 bridgehead atoms. The van der Waals surface area contributed by atoms with E-state index in [1.54, 1.807) is 0 Å². The summed E-state index contributed by atoms with van der Waals surface area (Å²) in [5.41, 5.74) is 2.43. The van der Waals surface area contributed by atoms with Gasteiger partial charge in [-0.15, -0.1) is 0 Å². The van der Waals surface area contributed by atoms with Crippen LogP contribution in [0.2, 0.25) is 5.02 Å². The second-order valence-electron chi connectivity index (χ2n) is 4.69. The predicted octanol–water partition coefficient (Wildman–Crippen LogP) is 3.29. The van der Waals surface area contributed by atoms with Crippen molar-refractivity contribution in [1.82, 2.24) is 9.88 Å². The van der Waals surface area contributed by atoms with E-state index in [1.807, 2.05) is 26.2 Å². The molecule has 0 aliphatic heterocycles. The number of nitrogens with zero attached hydrogens (tertiary/aromatic N) is 1. The Morgan fingerprint density at radius 2 is 2.00 bits per heavy atom. The normalized spacial score (nSPS) is 12.3. The molecule has 0 saturated heterocycles. The molecule has 2 nitrogen and oxygen atoms in total. The van der Waals surface area contributed by atoms with Gasteiger partial charge in [-0.1, -0.05) is 17.7 Å². The van der Waals surface area contributed by atoms with E-state index in [0.29, 0.717) is 0 Å². The van der Waals surface area contributed by atoms with Gasteiger partial charge in [0.1, 0.15) is 0 Å². The van der Waals surface area contributed by atoms with Crippen molar-refractivity contribution in [2.24, 2.45) is 7.05 Å². The minimum atomic E-state index is -0.0344. The van der Waals surface area contributed by atoms with Gasteiger partial charge in [-0.05, 0) is 38.6 Å². The van der Waals surface area contributed by atoms with E-state index in [4.69, 9.17) is 11.6 Å². The Morgan fingerprint density at radius 1 is 1.31 bits per heavy atom. The molecule has 0 atom stereocenters. The summed E-state index contributed by atoms with van der Waals surface area (Å²) >= 11 is 6.02. The molecule has 3 heteroatoms. The second kappa shape index (κ2) is 3.79. The molecule has 0 fully saturated rings. The average Bonchev–Trinajstić information content (AvgIpc) is 2.57. The highest BCUT2D eigenvalue weighted by atomic mass is 35.5. The lowest BCUT2D eigenvalue weighted by atomic mass is 9.94. The van der Waals surface area contributed by atoms with Gasteiger partial charge in [-0.3, -0.25) is 0 Å². The number of hydrogen-bond donors (Lipinski definition) is 1. The predicted molar refractivity (Wildman–Crippen MR) is 70.0 cm³/mol. The Hall–Kier alpha value is -0.990. The molecule has 1 aromatic carbocycles. The third-order valence-electron chi connectivity index (χ3n) is 3.25. The minimum Gasteiger partial charge on any atom is -0.350 e. The van der Waals surface area contributed by atoms with Crippen LogP contribution in [0.3, 0.4) is 0 Å². The summed E-state index contributed by atoms with van der Waals surface area (Å²) in [6.07, 6.45) is 2.16. The van der Waals surface area contributed by atoms with Gasteiger partial charge in [0.15, 0.2) is 0 Å². The van der Waals surface area contributed by atoms with Gasteiger partial charge >= 0.3 is 0 Å². The van der Waals surface area contributed by atoms with Crippen molar-refractivity contribution in [1.29, 1.82) is 0 Å². The number of halogens is 1. The van der Waals surface area contributed by atoms with E-state index in [0.717, 1.165) is 5.02 Å². The lowest BCUT2D eigenvalue weighted by Crippen LogP contribution is -2.32. The van der Waals surface area contributed by atoms with Crippen LogP contribution < -0.4 is 5.32 Å². The molecule has 0 aliphatic rings. The summed E-state index contributed by atoms with van der Waals surface area (Å²) in [6, 6.07) is 6.04. The van der Waals surface area contributed by atoms with Crippen LogP contribution in [-0.4, -0.2) is 11.6 Å². The van der Waals surface area contributed by atoms with E-state index in [2.05, 4.69) is 36.0 Å². The highest BCUT2D eigenvalue weighted by Crippen LogP contribution is 2.31. The van der Waals surface area contributed by atoms with Gasteiger partial charge in [0.25, 0.3) is 0 Å². The number of aryl methyl sites for hydroxylation is 1. The molecular formula is C13H17ClN2. The maximum Gasteiger partial charge on any atom is 0.0496 e. The third-order valence-corrected chi connectivity index (χ3v) is 3.49. The Kier molecular flexibility index (Phi) is 2.72. The fourth-order valence-corrected chi connectivity index (χ4v) is 2.16. The maximum absolute atomic E-state index is 6.02. The molecule has 0 saturated carbocycles. The van der Waals surface area contributed by atoms with E-state index in [1.165, 1.54) is 16.5 Å². The number of nitrogens with one attached hydrogen (secondary N) is 1. The van der Waals surface area contributed by atoms with Crippen LogP contribution in [-0.2, 0) is 12.6 Å². The fourth-order valence-electron chi connectivity index (χ4n) is 1.99. The molecular weight excluding hydrogens is 220 g/mol. The zero-order chi connectivity index (χ0) is 11.9. The van der Waals surface area contributed by atoms with Gasteiger partial charge in [0.05, 0.1) is 0 Å². The minimum absolute atomic E-state index is 0.0344. The lowest BCUT2D eigenvalue weighted by molar-refractivity contribution is 0.447. The van der Waals surface area contributed by atoms with Crippen LogP contribution in [0.4, 0.5) is 0 Å². The molecule has 1 N–H and O–H groups in total. The van der Waals surface area contributed by atoms with Crippen LogP contribution in [0.5, 0.6) is 0 Å². The number of benzene rings is 1. The van der Waals surface area contributed by atoms with Crippen LogP contribution in [0.15, 0.2) is 24.4 Å². The van der Waals surface area contributed by atoms with Crippen molar-refractivity contribution in [3.63, 3.8) is 0 Å². The molecule has 86 valence electrons. The molecule has 1 heterocycles. The first-order valence-corrected chi connectivity index (χ1v) is 5.77. The summed E-state index contributed by atoms with van der Waals surface area (Å²) in [5.74, 6) is 0. The van der Waals surface area contributed by atoms with Crippen molar-refractivity contribution < 1.29 is 0 Å². The monoisotopic (exact) mass is 236 g/mol. The summed E-state index contributed by atoms with van der Waals surface area (Å²) in [5, 5.41) is 5.37. The highest BCUT2D eigenvalue weighted by molar-refractivity contribution is 6.31. The van der Waals surface area contributed by atoms with Gasteiger partial charge in [0.2, 0.25) is 0 Å². The topological polar surface area (TPSA) is 17.0 Å². The Balaban J connectivity index is 2.73. The molecule has 16 heavy (non-hydrogen) atoms. The summed E-state index contributed by atoms with van der Waals surface area (Å²) < 4.78 is 2.12. The largest absolute Gasteiger partial charge is 0.350 e. The van der Waals surface area contributed by atoms with Crippen molar-refractivity contribution in [3.05, 3.63) is 35.0 Å². The molecule has 2 aromatic rings. The van der Waals surface area contributed by atoms with Gasteiger partial charge in [0, 0.05) is 34.7 Å². The summed E-state index contributed by atoms with van der Waals surface area (Å²) in [4.78, 5) is 0. The molecule has 0 radical (unpaired) electrons. The first-order chi connectivity index (χ1) is 7.45. The molecule has 2 rings (SSSR count). The molecule has 1 aromatic heterocycles. The molecule has 0 amide bonds. The van der Waals surface area contributed by atoms with Gasteiger partial charge in [-0.2, -0.15) is 0 Å². The van der Waals surface area contributed by atoms with Crippen molar-refractivity contribution in [3.8, 4) is 0 Å². The SMILES string of the molecule is CNC(C)(C)c1cn(C)c2cc(Cl)ccc12. The quantitative estimate of drug-likeness (QED) is 0.847. The zero-order valence-corrected chi connectivity index (χ0v) is 10.9. The van der Waals surface area contributed by atoms with E-state index in [-0.39, 0.29) is 5.54 Å². The third kappa shape index (κ3) is 1.72. The van der Waals surface area contributed by atoms with E-state index in [9.17, 15) is 0 Å². The number of rotatable bonds is 2. The first kappa shape index (κ1) is 11.5. The Morgan fingerprint density at radius 3 is 2.62 bits per heavy atom. The van der Waals surface area contributed by atoms with Crippen LogP contribution in [0.25, 0.3) is 10.9 Å². The van der Waals surface area contributed by atoms with E-state index >= 15 is 0 Å². The van der Waals surface area contributed by atoms with Crippen molar-refractivity contribution >= 4 is 22.5 Å². The van der Waals surface area contributed by atoms with Crippen LogP contribution >= 0.6 is 11.6 Å². The van der Waals surface area contributed by atoms with Gasteiger partial charge < -0.3 is 9.88 Å². The smallest absolute Gasteiger partial charge is 0.0496 e. The second-order valence-corrected chi connectivity index (χ2v) is 5.13. The Labute approximate surface area is 101 Å². The fraction of sp³-hybridized carbons (Fsp3) is 0.385. The van der Waals surface area contributed by atoms with Crippen LogP contribution in [0, 0.1) is 0 Å². The van der Waals surface area contributed by atoms with Gasteiger partial charge in [-0.25, -0.2) is 0 Å². The van der Waals surface area contributed by atoms with Crippen LogP contribution in [0.1, 0.15) is 19.4 Å². The highest BCUT2D eigenvalue weighted by Gasteiger charge is 2.22. The number of aromatic nitrogens is 1. The van der Waals surface area contributed by atoms with Crippen molar-refractivity contribution in [2.75, 3.05) is 7.05 Å². The van der Waals surface area contributed by atoms with E-state index < -0.39 is 0 Å². The molecule has 0 aliphatic carbocycles. The standard InChI is InChI=1S/C13H17ClN2/c1-13(2,15-3)11-8-16(4)12-7-9(14)5-6-10(11)12/h5-8,15H,1-4H3. The summed E-state index contributed by atoms with van der Waals surface area (Å²) in [6.45, 7) is 4.35. The number of fused-ring (bicyclic) bond motifs is 1. The zero-order valence-electron chi connectivity index (χ0n) is 10.1. The lowest BCUT2D eigenvalue weighted by Gasteiger charge is -2.23. The average molecular weight is 237 g/mol. The molecule has 0 spiro atoms. The Bertz CT molecular complexity index is 526. The summed E-state index contributed by atoms with van der Waals surface area (Å²) in [7, 11) is 4.03.